The molecule has 1 saturated heterocycles. The van der Waals surface area contributed by atoms with E-state index < -0.39 is 0 Å². The summed E-state index contributed by atoms with van der Waals surface area (Å²) >= 11 is 0. The van der Waals surface area contributed by atoms with Gasteiger partial charge in [-0.15, -0.1) is 0 Å². The number of primary amides is 1. The molecule has 3 N–H and O–H groups in total. The van der Waals surface area contributed by atoms with Gasteiger partial charge in [0.1, 0.15) is 5.75 Å². The van der Waals surface area contributed by atoms with E-state index in [0.29, 0.717) is 13.1 Å². The molecule has 0 bridgehead atoms. The fourth-order valence-electron chi connectivity index (χ4n) is 3.20. The lowest BCUT2D eigenvalue weighted by Gasteiger charge is -2.31. The van der Waals surface area contributed by atoms with E-state index in [1.54, 1.807) is 12.0 Å². The van der Waals surface area contributed by atoms with Crippen LogP contribution >= 0.6 is 0 Å². The number of methoxy groups -OCH3 is 1. The van der Waals surface area contributed by atoms with Gasteiger partial charge in [0.05, 0.1) is 18.7 Å². The molecule has 0 spiro atoms. The van der Waals surface area contributed by atoms with Crippen molar-refractivity contribution in [2.24, 2.45) is 11.7 Å². The standard InChI is InChI=1S/C20H23N3O3/c1-26-16-10-8-14(9-11-16)17-6-2-3-7-18(17)22-20(25)23-12-4-5-15(13-23)19(21)24/h2-3,6-11,15H,4-5,12-13H2,1H3,(H2,21,24)(H,22,25)/t15-/m0/s1. The van der Waals surface area contributed by atoms with Crippen molar-refractivity contribution in [2.75, 3.05) is 25.5 Å². The number of para-hydroxylation sites is 1. The summed E-state index contributed by atoms with van der Waals surface area (Å²) in [7, 11) is 1.63. The van der Waals surface area contributed by atoms with Gasteiger partial charge in [0.2, 0.25) is 5.91 Å². The van der Waals surface area contributed by atoms with E-state index in [-0.39, 0.29) is 17.9 Å². The third-order valence-corrected chi connectivity index (χ3v) is 4.68. The molecular weight excluding hydrogens is 330 g/mol. The lowest BCUT2D eigenvalue weighted by atomic mass is 9.98. The Balaban J connectivity index is 1.77. The van der Waals surface area contributed by atoms with Gasteiger partial charge in [-0.2, -0.15) is 0 Å². The number of nitrogens with zero attached hydrogens (tertiary/aromatic N) is 1. The first kappa shape index (κ1) is 17.8. The number of nitrogens with two attached hydrogens (primary N) is 1. The number of amides is 3. The number of anilines is 1. The summed E-state index contributed by atoms with van der Waals surface area (Å²) in [6.07, 6.45) is 1.52. The number of carbonyl (C=O) groups is 2. The molecular formula is C20H23N3O3. The molecule has 0 saturated carbocycles. The second-order valence-electron chi connectivity index (χ2n) is 6.39. The third-order valence-electron chi connectivity index (χ3n) is 4.68. The molecule has 0 aromatic heterocycles. The Bertz CT molecular complexity index is 789. The predicted molar refractivity (Wildman–Crippen MR) is 101 cm³/mol. The molecule has 3 amide bonds. The minimum Gasteiger partial charge on any atom is -0.497 e. The largest absolute Gasteiger partial charge is 0.497 e. The van der Waals surface area contributed by atoms with E-state index in [0.717, 1.165) is 35.4 Å². The minimum absolute atomic E-state index is 0.211. The molecule has 3 rings (SSSR count). The molecule has 6 nitrogen and oxygen atoms in total. The summed E-state index contributed by atoms with van der Waals surface area (Å²) < 4.78 is 5.19. The summed E-state index contributed by atoms with van der Waals surface area (Å²) in [5.41, 5.74) is 8.03. The van der Waals surface area contributed by atoms with Crippen LogP contribution in [0, 0.1) is 5.92 Å². The van der Waals surface area contributed by atoms with Crippen LogP contribution in [-0.2, 0) is 4.79 Å². The Hall–Kier alpha value is -3.02. The van der Waals surface area contributed by atoms with Gasteiger partial charge in [0, 0.05) is 18.7 Å². The van der Waals surface area contributed by atoms with Crippen LogP contribution in [0.1, 0.15) is 12.8 Å². The number of carbonyl (C=O) groups excluding carboxylic acids is 2. The molecule has 1 fully saturated rings. The molecule has 1 aliphatic heterocycles. The molecule has 1 atom stereocenters. The molecule has 1 heterocycles. The van der Waals surface area contributed by atoms with Crippen LogP contribution in [0.3, 0.4) is 0 Å². The summed E-state index contributed by atoms with van der Waals surface area (Å²) in [5.74, 6) is 0.161. The van der Waals surface area contributed by atoms with Gasteiger partial charge in [-0.25, -0.2) is 4.79 Å². The number of urea groups is 1. The zero-order chi connectivity index (χ0) is 18.5. The first-order valence-corrected chi connectivity index (χ1v) is 8.67. The fourth-order valence-corrected chi connectivity index (χ4v) is 3.20. The maximum absolute atomic E-state index is 12.7. The fraction of sp³-hybridized carbons (Fsp3) is 0.300. The highest BCUT2D eigenvalue weighted by atomic mass is 16.5. The van der Waals surface area contributed by atoms with Crippen molar-refractivity contribution in [1.82, 2.24) is 4.90 Å². The molecule has 1 aliphatic rings. The molecule has 6 heteroatoms. The number of benzene rings is 2. The van der Waals surface area contributed by atoms with E-state index in [9.17, 15) is 9.59 Å². The Labute approximate surface area is 152 Å². The van der Waals surface area contributed by atoms with Crippen molar-refractivity contribution in [1.29, 1.82) is 0 Å². The van der Waals surface area contributed by atoms with Crippen molar-refractivity contribution in [3.8, 4) is 16.9 Å². The van der Waals surface area contributed by atoms with Gasteiger partial charge < -0.3 is 20.7 Å². The van der Waals surface area contributed by atoms with Crippen molar-refractivity contribution in [3.05, 3.63) is 48.5 Å². The van der Waals surface area contributed by atoms with E-state index >= 15 is 0 Å². The second kappa shape index (κ2) is 7.91. The Morgan fingerprint density at radius 1 is 1.15 bits per heavy atom. The SMILES string of the molecule is COc1ccc(-c2ccccc2NC(=O)N2CCC[C@H](C(N)=O)C2)cc1. The molecule has 0 unspecified atom stereocenters. The Morgan fingerprint density at radius 3 is 2.58 bits per heavy atom. The summed E-state index contributed by atoms with van der Waals surface area (Å²) in [5, 5.41) is 2.97. The highest BCUT2D eigenvalue weighted by Gasteiger charge is 2.27. The van der Waals surface area contributed by atoms with Crippen LogP contribution in [0.5, 0.6) is 5.75 Å². The number of nitrogens with one attached hydrogen (secondary N) is 1. The summed E-state index contributed by atoms with van der Waals surface area (Å²) in [4.78, 5) is 25.7. The van der Waals surface area contributed by atoms with Crippen molar-refractivity contribution < 1.29 is 14.3 Å². The Kier molecular flexibility index (Phi) is 5.41. The number of rotatable bonds is 4. The lowest BCUT2D eigenvalue weighted by Crippen LogP contribution is -2.45. The lowest BCUT2D eigenvalue weighted by molar-refractivity contribution is -0.123. The average Bonchev–Trinajstić information content (AvgIpc) is 2.68. The van der Waals surface area contributed by atoms with Gasteiger partial charge in [0.25, 0.3) is 0 Å². The number of likely N-dealkylation sites (tertiary alicyclic amines) is 1. The highest BCUT2D eigenvalue weighted by Crippen LogP contribution is 2.29. The molecule has 2 aromatic rings. The van der Waals surface area contributed by atoms with Gasteiger partial charge in [-0.1, -0.05) is 30.3 Å². The van der Waals surface area contributed by atoms with Crippen LogP contribution in [0.25, 0.3) is 11.1 Å². The Morgan fingerprint density at radius 2 is 1.88 bits per heavy atom. The molecule has 2 aromatic carbocycles. The maximum Gasteiger partial charge on any atom is 0.321 e. The normalized spacial score (nSPS) is 16.8. The van der Waals surface area contributed by atoms with Crippen molar-refractivity contribution in [3.63, 3.8) is 0 Å². The zero-order valence-corrected chi connectivity index (χ0v) is 14.8. The molecule has 0 radical (unpaired) electrons. The van der Waals surface area contributed by atoms with Crippen LogP contribution < -0.4 is 15.8 Å². The molecule has 0 aliphatic carbocycles. The average molecular weight is 353 g/mol. The van der Waals surface area contributed by atoms with Crippen molar-refractivity contribution in [2.45, 2.75) is 12.8 Å². The minimum atomic E-state index is -0.346. The van der Waals surface area contributed by atoms with Crippen LogP contribution in [0.15, 0.2) is 48.5 Å². The smallest absolute Gasteiger partial charge is 0.321 e. The topological polar surface area (TPSA) is 84.7 Å². The van der Waals surface area contributed by atoms with Crippen LogP contribution in [-0.4, -0.2) is 37.0 Å². The number of piperidine rings is 1. The van der Waals surface area contributed by atoms with E-state index in [1.165, 1.54) is 0 Å². The summed E-state index contributed by atoms with van der Waals surface area (Å²) in [6.45, 7) is 0.992. The number of hydrogen-bond acceptors (Lipinski definition) is 3. The van der Waals surface area contributed by atoms with Gasteiger partial charge in [-0.3, -0.25) is 4.79 Å². The van der Waals surface area contributed by atoms with Crippen LogP contribution in [0.2, 0.25) is 0 Å². The van der Waals surface area contributed by atoms with Crippen LogP contribution in [0.4, 0.5) is 10.5 Å². The van der Waals surface area contributed by atoms with Crippen molar-refractivity contribution >= 4 is 17.6 Å². The third kappa shape index (κ3) is 3.96. The number of ether oxygens (including phenoxy) is 1. The van der Waals surface area contributed by atoms with E-state index in [4.69, 9.17) is 10.5 Å². The monoisotopic (exact) mass is 353 g/mol. The maximum atomic E-state index is 12.7. The van der Waals surface area contributed by atoms with E-state index in [1.807, 2.05) is 48.5 Å². The second-order valence-corrected chi connectivity index (χ2v) is 6.39. The zero-order valence-electron chi connectivity index (χ0n) is 14.8. The first-order chi connectivity index (χ1) is 12.6. The van der Waals surface area contributed by atoms with Gasteiger partial charge >= 0.3 is 6.03 Å². The highest BCUT2D eigenvalue weighted by molar-refractivity contribution is 5.94. The molecule has 136 valence electrons. The number of hydrogen-bond donors (Lipinski definition) is 2. The van der Waals surface area contributed by atoms with Gasteiger partial charge in [-0.05, 0) is 36.6 Å². The predicted octanol–water partition coefficient (Wildman–Crippen LogP) is 3.09. The molecule has 26 heavy (non-hydrogen) atoms. The quantitative estimate of drug-likeness (QED) is 0.886. The first-order valence-electron chi connectivity index (χ1n) is 8.67. The van der Waals surface area contributed by atoms with E-state index in [2.05, 4.69) is 5.32 Å². The summed E-state index contributed by atoms with van der Waals surface area (Å²) in [6, 6.07) is 15.1. The van der Waals surface area contributed by atoms with Gasteiger partial charge in [0.15, 0.2) is 0 Å².